The number of nitrogens with zero attached hydrogens (tertiary/aromatic N) is 2. The number of amides is 4. The summed E-state index contributed by atoms with van der Waals surface area (Å²) in [6.45, 7) is 0.485. The molecule has 2 atom stereocenters. The topological polar surface area (TPSA) is 139 Å². The van der Waals surface area contributed by atoms with Crippen molar-refractivity contribution >= 4 is 35.3 Å². The van der Waals surface area contributed by atoms with Gasteiger partial charge in [0.2, 0.25) is 5.91 Å². The van der Waals surface area contributed by atoms with Crippen LogP contribution >= 0.6 is 0 Å². The summed E-state index contributed by atoms with van der Waals surface area (Å²) >= 11 is 0. The van der Waals surface area contributed by atoms with Crippen LogP contribution in [0.2, 0.25) is 0 Å². The summed E-state index contributed by atoms with van der Waals surface area (Å²) in [5.41, 5.74) is 6.37. The first kappa shape index (κ1) is 20.0. The number of benzene rings is 1. The third-order valence-electron chi connectivity index (χ3n) is 5.64. The standard InChI is InChI=1S/C20H22N4O6/c21-11-3-4-12-13(10-11)18(27)24(17(12)26)15-5-6-16(25)23(19(15)28)8-9-30-20(29)14-2-1-7-22-14/h3-4,10,14-15,22H,1-2,5-9,21H2/t14-,15?/m0/s1. The highest BCUT2D eigenvalue weighted by Crippen LogP contribution is 2.30. The third-order valence-corrected chi connectivity index (χ3v) is 5.64. The lowest BCUT2D eigenvalue weighted by atomic mass is 10.0. The van der Waals surface area contributed by atoms with E-state index in [-0.39, 0.29) is 43.2 Å². The minimum atomic E-state index is -1.08. The summed E-state index contributed by atoms with van der Waals surface area (Å²) in [7, 11) is 0. The quantitative estimate of drug-likeness (QED) is 0.380. The number of nitrogen functional groups attached to an aromatic ring is 1. The van der Waals surface area contributed by atoms with Gasteiger partial charge in [-0.3, -0.25) is 33.8 Å². The molecule has 0 bridgehead atoms. The maximum atomic E-state index is 12.9. The molecule has 10 nitrogen and oxygen atoms in total. The molecule has 0 spiro atoms. The van der Waals surface area contributed by atoms with Crippen molar-refractivity contribution in [1.82, 2.24) is 15.1 Å². The number of nitrogens with one attached hydrogen (secondary N) is 1. The van der Waals surface area contributed by atoms with Gasteiger partial charge < -0.3 is 15.8 Å². The van der Waals surface area contributed by atoms with Gasteiger partial charge in [-0.1, -0.05) is 0 Å². The van der Waals surface area contributed by atoms with Gasteiger partial charge in [-0.2, -0.15) is 0 Å². The summed E-state index contributed by atoms with van der Waals surface area (Å²) in [4.78, 5) is 64.6. The monoisotopic (exact) mass is 414 g/mol. The smallest absolute Gasteiger partial charge is 0.323 e. The second-order valence-corrected chi connectivity index (χ2v) is 7.54. The van der Waals surface area contributed by atoms with Crippen molar-refractivity contribution in [3.63, 3.8) is 0 Å². The van der Waals surface area contributed by atoms with Crippen LogP contribution in [-0.2, 0) is 19.1 Å². The van der Waals surface area contributed by atoms with Crippen LogP contribution < -0.4 is 11.1 Å². The molecule has 0 aliphatic carbocycles. The molecule has 3 N–H and O–H groups in total. The van der Waals surface area contributed by atoms with Gasteiger partial charge in [0.15, 0.2) is 0 Å². The van der Waals surface area contributed by atoms with Gasteiger partial charge >= 0.3 is 5.97 Å². The Morgan fingerprint density at radius 2 is 1.90 bits per heavy atom. The fourth-order valence-electron chi connectivity index (χ4n) is 4.08. The zero-order chi connectivity index (χ0) is 21.4. The molecule has 3 aliphatic heterocycles. The molecule has 10 heteroatoms. The second kappa shape index (κ2) is 7.86. The van der Waals surface area contributed by atoms with Crippen molar-refractivity contribution in [1.29, 1.82) is 0 Å². The highest BCUT2D eigenvalue weighted by atomic mass is 16.5. The molecule has 2 saturated heterocycles. The number of esters is 1. The van der Waals surface area contributed by atoms with E-state index in [2.05, 4.69) is 5.32 Å². The van der Waals surface area contributed by atoms with Crippen LogP contribution in [0.5, 0.6) is 0 Å². The van der Waals surface area contributed by atoms with Crippen molar-refractivity contribution in [2.75, 3.05) is 25.4 Å². The van der Waals surface area contributed by atoms with Crippen LogP contribution in [0.3, 0.4) is 0 Å². The minimum absolute atomic E-state index is 0.00405. The Kier molecular flexibility index (Phi) is 5.25. The summed E-state index contributed by atoms with van der Waals surface area (Å²) < 4.78 is 5.18. The average Bonchev–Trinajstić information content (AvgIpc) is 3.33. The molecule has 4 amide bonds. The van der Waals surface area contributed by atoms with E-state index in [4.69, 9.17) is 10.5 Å². The molecule has 0 radical (unpaired) electrons. The summed E-state index contributed by atoms with van der Waals surface area (Å²) in [5.74, 6) is -2.68. The molecule has 1 aromatic carbocycles. The van der Waals surface area contributed by atoms with Gasteiger partial charge in [-0.15, -0.1) is 0 Å². The average molecular weight is 414 g/mol. The van der Waals surface area contributed by atoms with E-state index in [1.54, 1.807) is 0 Å². The van der Waals surface area contributed by atoms with Crippen molar-refractivity contribution in [3.8, 4) is 0 Å². The summed E-state index contributed by atoms with van der Waals surface area (Å²) in [6, 6.07) is 2.93. The zero-order valence-corrected chi connectivity index (χ0v) is 16.3. The van der Waals surface area contributed by atoms with Gasteiger partial charge in [0.1, 0.15) is 18.7 Å². The normalized spacial score (nSPS) is 23.9. The number of rotatable bonds is 5. The molecular weight excluding hydrogens is 392 g/mol. The molecule has 30 heavy (non-hydrogen) atoms. The Balaban J connectivity index is 1.43. The first-order chi connectivity index (χ1) is 14.4. The third kappa shape index (κ3) is 3.43. The number of fused-ring (bicyclic) bond motifs is 1. The predicted molar refractivity (Wildman–Crippen MR) is 103 cm³/mol. The lowest BCUT2D eigenvalue weighted by molar-refractivity contribution is -0.156. The zero-order valence-electron chi connectivity index (χ0n) is 16.3. The molecule has 0 aromatic heterocycles. The van der Waals surface area contributed by atoms with Crippen LogP contribution in [0.4, 0.5) is 5.69 Å². The maximum absolute atomic E-state index is 12.9. The van der Waals surface area contributed by atoms with Crippen LogP contribution in [0.15, 0.2) is 18.2 Å². The van der Waals surface area contributed by atoms with Crippen LogP contribution in [0.1, 0.15) is 46.4 Å². The molecule has 1 unspecified atom stereocenters. The lowest BCUT2D eigenvalue weighted by Gasteiger charge is -2.34. The number of anilines is 1. The first-order valence-electron chi connectivity index (χ1n) is 9.90. The van der Waals surface area contributed by atoms with Crippen molar-refractivity contribution in [3.05, 3.63) is 29.3 Å². The number of piperidine rings is 1. The number of likely N-dealkylation sites (tertiary alicyclic amines) is 1. The Bertz CT molecular complexity index is 939. The number of nitrogens with two attached hydrogens (primary N) is 1. The van der Waals surface area contributed by atoms with E-state index < -0.39 is 35.6 Å². The van der Waals surface area contributed by atoms with Gasteiger partial charge in [-0.05, 0) is 44.0 Å². The molecule has 4 rings (SSSR count). The number of carbonyl (C=O) groups is 5. The lowest BCUT2D eigenvalue weighted by Crippen LogP contribution is -2.56. The fraction of sp³-hybridized carbons (Fsp3) is 0.450. The van der Waals surface area contributed by atoms with Gasteiger partial charge in [-0.25, -0.2) is 0 Å². The Hall–Kier alpha value is -3.27. The molecule has 2 fully saturated rings. The van der Waals surface area contributed by atoms with Crippen molar-refractivity contribution in [2.45, 2.75) is 37.8 Å². The maximum Gasteiger partial charge on any atom is 0.323 e. The van der Waals surface area contributed by atoms with E-state index in [9.17, 15) is 24.0 Å². The van der Waals surface area contributed by atoms with Gasteiger partial charge in [0.05, 0.1) is 17.7 Å². The fourth-order valence-corrected chi connectivity index (χ4v) is 4.08. The molecule has 158 valence electrons. The number of hydrogen-bond donors (Lipinski definition) is 2. The van der Waals surface area contributed by atoms with Crippen LogP contribution in [0, 0.1) is 0 Å². The van der Waals surface area contributed by atoms with E-state index >= 15 is 0 Å². The number of imide groups is 2. The van der Waals surface area contributed by atoms with Gasteiger partial charge in [0.25, 0.3) is 17.7 Å². The van der Waals surface area contributed by atoms with E-state index in [1.807, 2.05) is 0 Å². The Labute approximate surface area is 172 Å². The molecule has 3 heterocycles. The van der Waals surface area contributed by atoms with E-state index in [0.29, 0.717) is 12.1 Å². The number of carbonyl (C=O) groups excluding carboxylic acids is 5. The largest absolute Gasteiger partial charge is 0.463 e. The first-order valence-corrected chi connectivity index (χ1v) is 9.90. The van der Waals surface area contributed by atoms with Crippen molar-refractivity contribution < 1.29 is 28.7 Å². The Morgan fingerprint density at radius 1 is 1.13 bits per heavy atom. The highest BCUT2D eigenvalue weighted by molar-refractivity contribution is 6.23. The second-order valence-electron chi connectivity index (χ2n) is 7.54. The van der Waals surface area contributed by atoms with E-state index in [0.717, 1.165) is 22.8 Å². The minimum Gasteiger partial charge on any atom is -0.463 e. The predicted octanol–water partition coefficient (Wildman–Crippen LogP) is -0.322. The Morgan fingerprint density at radius 3 is 2.63 bits per heavy atom. The molecule has 1 aromatic rings. The highest BCUT2D eigenvalue weighted by Gasteiger charge is 2.47. The van der Waals surface area contributed by atoms with Gasteiger partial charge in [0, 0.05) is 12.1 Å². The SMILES string of the molecule is Nc1ccc2c(c1)C(=O)N(C1CCC(=O)N(CCOC(=O)[C@@H]3CCCN3)C1=O)C2=O. The van der Waals surface area contributed by atoms with Crippen molar-refractivity contribution in [2.24, 2.45) is 0 Å². The van der Waals surface area contributed by atoms with Crippen LogP contribution in [0.25, 0.3) is 0 Å². The summed E-state index contributed by atoms with van der Waals surface area (Å²) in [5, 5.41) is 3.02. The summed E-state index contributed by atoms with van der Waals surface area (Å²) in [6.07, 6.45) is 1.63. The molecule has 3 aliphatic rings. The molecular formula is C20H22N4O6. The van der Waals surface area contributed by atoms with E-state index in [1.165, 1.54) is 18.2 Å². The van der Waals surface area contributed by atoms with Crippen LogP contribution in [-0.4, -0.2) is 71.2 Å². The number of ether oxygens (including phenoxy) is 1. The number of hydrogen-bond acceptors (Lipinski definition) is 8. The molecule has 0 saturated carbocycles.